The fraction of sp³-hybridized carbons (Fsp3) is 0.429. The van der Waals surface area contributed by atoms with E-state index in [1.165, 1.54) is 38.9 Å². The summed E-state index contributed by atoms with van der Waals surface area (Å²) in [5.41, 5.74) is 9.61. The van der Waals surface area contributed by atoms with Crippen molar-refractivity contribution in [2.24, 2.45) is 0 Å². The van der Waals surface area contributed by atoms with Gasteiger partial charge in [0.2, 0.25) is 0 Å². The first-order valence-electron chi connectivity index (χ1n) is 8.15. The van der Waals surface area contributed by atoms with Crippen LogP contribution in [0.15, 0.2) is 30.3 Å². The summed E-state index contributed by atoms with van der Waals surface area (Å²) in [6.07, 6.45) is 0. The van der Waals surface area contributed by atoms with Crippen LogP contribution >= 0.6 is 0 Å². The molecule has 0 bridgehead atoms. The molecule has 0 amide bonds. The zero-order valence-corrected chi connectivity index (χ0v) is 15.4. The normalized spacial score (nSPS) is 9.19. The topological polar surface area (TPSA) is 0 Å². The van der Waals surface area contributed by atoms with E-state index in [4.69, 9.17) is 0 Å². The predicted octanol–water partition coefficient (Wildman–Crippen LogP) is 6.95. The summed E-state index contributed by atoms with van der Waals surface area (Å²) in [6.45, 7) is 19.0. The predicted molar refractivity (Wildman–Crippen MR) is 98.3 cm³/mol. The highest BCUT2D eigenvalue weighted by atomic mass is 14.1. The van der Waals surface area contributed by atoms with Gasteiger partial charge in [-0.25, -0.2) is 0 Å². The monoisotopic (exact) mass is 284 g/mol. The summed E-state index contributed by atoms with van der Waals surface area (Å²) in [4.78, 5) is 0. The number of aryl methyl sites for hydroxylation is 4. The Hall–Kier alpha value is -1.56. The van der Waals surface area contributed by atoms with Gasteiger partial charge in [-0.05, 0) is 68.0 Å². The van der Waals surface area contributed by atoms with E-state index >= 15 is 0 Å². The molecule has 2 rings (SSSR count). The van der Waals surface area contributed by atoms with Gasteiger partial charge in [-0.2, -0.15) is 0 Å². The third-order valence-electron chi connectivity index (χ3n) is 3.55. The van der Waals surface area contributed by atoms with E-state index in [1.54, 1.807) is 0 Å². The molecule has 2 aromatic rings. The van der Waals surface area contributed by atoms with Gasteiger partial charge < -0.3 is 0 Å². The minimum absolute atomic E-state index is 1.34. The van der Waals surface area contributed by atoms with Crippen LogP contribution in [0.2, 0.25) is 0 Å². The average Bonchev–Trinajstić information content (AvgIpc) is 2.47. The van der Waals surface area contributed by atoms with Crippen LogP contribution in [0.5, 0.6) is 0 Å². The van der Waals surface area contributed by atoms with E-state index in [9.17, 15) is 0 Å². The van der Waals surface area contributed by atoms with Crippen LogP contribution in [0.4, 0.5) is 0 Å². The van der Waals surface area contributed by atoms with E-state index in [-0.39, 0.29) is 0 Å². The molecule has 116 valence electrons. The Morgan fingerprint density at radius 2 is 1.10 bits per heavy atom. The van der Waals surface area contributed by atoms with Crippen LogP contribution in [0.25, 0.3) is 11.1 Å². The van der Waals surface area contributed by atoms with E-state index < -0.39 is 0 Å². The maximum absolute atomic E-state index is 2.27. The van der Waals surface area contributed by atoms with Crippen molar-refractivity contribution in [2.75, 3.05) is 0 Å². The first kappa shape index (κ1) is 19.4. The lowest BCUT2D eigenvalue weighted by atomic mass is 9.90. The zero-order chi connectivity index (χ0) is 16.6. The van der Waals surface area contributed by atoms with Gasteiger partial charge in [0.25, 0.3) is 0 Å². The molecule has 0 heteroatoms. The largest absolute Gasteiger partial charge is 0.0683 e. The Kier molecular flexibility index (Phi) is 8.69. The minimum Gasteiger partial charge on any atom is -0.0683 e. The molecular formula is C21H32. The van der Waals surface area contributed by atoms with Gasteiger partial charge in [0.1, 0.15) is 0 Å². The quantitative estimate of drug-likeness (QED) is 0.531. The van der Waals surface area contributed by atoms with E-state index in [2.05, 4.69) is 65.0 Å². The highest BCUT2D eigenvalue weighted by Crippen LogP contribution is 2.31. The summed E-state index contributed by atoms with van der Waals surface area (Å²) >= 11 is 0. The second-order valence-electron chi connectivity index (χ2n) is 5.02. The van der Waals surface area contributed by atoms with Crippen LogP contribution < -0.4 is 0 Å². The number of hydrogen-bond acceptors (Lipinski definition) is 0. The van der Waals surface area contributed by atoms with Crippen LogP contribution in [0.1, 0.15) is 55.5 Å². The molecule has 0 spiro atoms. The van der Waals surface area contributed by atoms with E-state index in [0.29, 0.717) is 0 Å². The van der Waals surface area contributed by atoms with Gasteiger partial charge in [-0.15, -0.1) is 0 Å². The maximum atomic E-state index is 2.27. The van der Waals surface area contributed by atoms with Crippen molar-refractivity contribution in [1.82, 2.24) is 0 Å². The smallest absolute Gasteiger partial charge is 0.0122 e. The summed E-state index contributed by atoms with van der Waals surface area (Å²) in [5.74, 6) is 0. The fourth-order valence-electron chi connectivity index (χ4n) is 2.63. The number of rotatable bonds is 1. The highest BCUT2D eigenvalue weighted by Gasteiger charge is 2.09. The molecule has 0 aliphatic carbocycles. The molecule has 0 aliphatic rings. The molecule has 21 heavy (non-hydrogen) atoms. The van der Waals surface area contributed by atoms with Gasteiger partial charge in [0.15, 0.2) is 0 Å². The Balaban J connectivity index is 0.000000921. The molecule has 0 nitrogen and oxygen atoms in total. The van der Waals surface area contributed by atoms with Gasteiger partial charge >= 0.3 is 0 Å². The number of benzene rings is 2. The molecule has 0 unspecified atom stereocenters. The Morgan fingerprint density at radius 1 is 0.619 bits per heavy atom. The van der Waals surface area contributed by atoms with Crippen LogP contribution in [0.3, 0.4) is 0 Å². The lowest BCUT2D eigenvalue weighted by Gasteiger charge is -2.15. The second kappa shape index (κ2) is 9.39. The van der Waals surface area contributed by atoms with E-state index in [1.807, 2.05) is 27.7 Å². The molecule has 0 saturated carbocycles. The molecule has 0 aliphatic heterocycles. The molecule has 0 N–H and O–H groups in total. The minimum atomic E-state index is 1.34. The maximum Gasteiger partial charge on any atom is -0.0122 e. The second-order valence-corrected chi connectivity index (χ2v) is 5.02. The Morgan fingerprint density at radius 3 is 1.57 bits per heavy atom. The SMILES string of the molecule is CC.CC.Cc1cc(C)c(-c2cccc(C)c2C)c(C)c1. The zero-order valence-electron chi connectivity index (χ0n) is 15.4. The fourth-order valence-corrected chi connectivity index (χ4v) is 2.63. The first-order valence-corrected chi connectivity index (χ1v) is 8.15. The summed E-state index contributed by atoms with van der Waals surface area (Å²) in [6, 6.07) is 11.1. The third kappa shape index (κ3) is 4.74. The summed E-state index contributed by atoms with van der Waals surface area (Å²) < 4.78 is 0. The molecule has 0 atom stereocenters. The van der Waals surface area contributed by atoms with Crippen molar-refractivity contribution >= 4 is 0 Å². The van der Waals surface area contributed by atoms with Gasteiger partial charge in [0.05, 0.1) is 0 Å². The summed E-state index contributed by atoms with van der Waals surface area (Å²) in [5, 5.41) is 0. The summed E-state index contributed by atoms with van der Waals surface area (Å²) in [7, 11) is 0. The third-order valence-corrected chi connectivity index (χ3v) is 3.55. The Labute approximate surface area is 132 Å². The molecule has 2 aromatic carbocycles. The average molecular weight is 284 g/mol. The van der Waals surface area contributed by atoms with Gasteiger partial charge in [-0.1, -0.05) is 63.6 Å². The first-order chi connectivity index (χ1) is 10.0. The van der Waals surface area contributed by atoms with Crippen molar-refractivity contribution in [3.63, 3.8) is 0 Å². The lowest BCUT2D eigenvalue weighted by molar-refractivity contribution is 1.28. The van der Waals surface area contributed by atoms with Crippen LogP contribution in [-0.4, -0.2) is 0 Å². The van der Waals surface area contributed by atoms with Crippen LogP contribution in [-0.2, 0) is 0 Å². The molecule has 0 fully saturated rings. The molecule has 0 radical (unpaired) electrons. The van der Waals surface area contributed by atoms with Crippen molar-refractivity contribution in [3.05, 3.63) is 58.1 Å². The molecule has 0 heterocycles. The van der Waals surface area contributed by atoms with Gasteiger partial charge in [-0.3, -0.25) is 0 Å². The van der Waals surface area contributed by atoms with E-state index in [0.717, 1.165) is 0 Å². The highest BCUT2D eigenvalue weighted by molar-refractivity contribution is 5.74. The standard InChI is InChI=1S/C17H20.2C2H6/c1-11-9-13(3)17(14(4)10-11)16-8-6-7-12(2)15(16)5;2*1-2/h6-10H,1-5H3;2*1-2H3. The number of hydrogen-bond donors (Lipinski definition) is 0. The van der Waals surface area contributed by atoms with Crippen molar-refractivity contribution < 1.29 is 0 Å². The van der Waals surface area contributed by atoms with Gasteiger partial charge in [0, 0.05) is 0 Å². The van der Waals surface area contributed by atoms with Crippen molar-refractivity contribution in [1.29, 1.82) is 0 Å². The lowest BCUT2D eigenvalue weighted by Crippen LogP contribution is -1.93. The molecular weight excluding hydrogens is 252 g/mol. The molecule has 0 saturated heterocycles. The van der Waals surface area contributed by atoms with Crippen molar-refractivity contribution in [2.45, 2.75) is 62.3 Å². The Bertz CT molecular complexity index is 539. The van der Waals surface area contributed by atoms with Crippen LogP contribution in [0, 0.1) is 34.6 Å². The molecule has 0 aromatic heterocycles. The van der Waals surface area contributed by atoms with Crippen molar-refractivity contribution in [3.8, 4) is 11.1 Å².